The molecule has 21 heavy (non-hydrogen) atoms. The lowest BCUT2D eigenvalue weighted by Gasteiger charge is -2.08. The third kappa shape index (κ3) is 5.32. The van der Waals surface area contributed by atoms with Crippen LogP contribution < -0.4 is 10.0 Å². The molecule has 0 radical (unpaired) electrons. The number of ether oxygens (including phenoxy) is 1. The first-order valence-corrected chi connectivity index (χ1v) is 7.72. The number of hydrogen-bond acceptors (Lipinski definition) is 5. The second-order valence-electron chi connectivity index (χ2n) is 3.92. The Hall–Kier alpha value is -1.66. The zero-order chi connectivity index (χ0) is 15.9. The van der Waals surface area contributed by atoms with Crippen LogP contribution in [0.4, 0.5) is 0 Å². The largest absolute Gasteiger partial charge is 0.383 e. The van der Waals surface area contributed by atoms with Gasteiger partial charge in [0.2, 0.25) is 15.9 Å². The zero-order valence-corrected chi connectivity index (χ0v) is 12.8. The van der Waals surface area contributed by atoms with E-state index in [-0.39, 0.29) is 15.5 Å². The number of rotatable bonds is 7. The quantitative estimate of drug-likeness (QED) is 0.696. The molecule has 2 N–H and O–H groups in total. The molecule has 0 saturated carbocycles. The van der Waals surface area contributed by atoms with Crippen molar-refractivity contribution in [1.82, 2.24) is 10.0 Å². The van der Waals surface area contributed by atoms with E-state index in [0.717, 1.165) is 6.07 Å². The number of hydrogen-bond donors (Lipinski definition) is 2. The van der Waals surface area contributed by atoms with E-state index >= 15 is 0 Å². The van der Waals surface area contributed by atoms with Crippen LogP contribution in [0.2, 0.25) is 5.02 Å². The predicted octanol–water partition coefficient (Wildman–Crippen LogP) is 0.253. The Kier molecular flexibility index (Phi) is 6.58. The molecule has 0 saturated heterocycles. The molecule has 0 heterocycles. The molecule has 0 aliphatic carbocycles. The SMILES string of the molecule is COCCNC(=O)CNS(=O)(=O)c1ccc(C#N)c(Cl)c1. The molecule has 114 valence electrons. The fraction of sp³-hybridized carbons (Fsp3) is 0.333. The van der Waals surface area contributed by atoms with Crippen LogP contribution in [0.25, 0.3) is 0 Å². The second-order valence-corrected chi connectivity index (χ2v) is 6.09. The minimum Gasteiger partial charge on any atom is -0.383 e. The molecule has 0 aliphatic rings. The molecule has 1 rings (SSSR count). The molecule has 0 atom stereocenters. The number of nitrogens with zero attached hydrogens (tertiary/aromatic N) is 1. The van der Waals surface area contributed by atoms with Gasteiger partial charge in [-0.2, -0.15) is 5.26 Å². The fourth-order valence-electron chi connectivity index (χ4n) is 1.35. The van der Waals surface area contributed by atoms with Gasteiger partial charge in [-0.1, -0.05) is 11.6 Å². The van der Waals surface area contributed by atoms with Crippen LogP contribution in [-0.4, -0.2) is 41.1 Å². The van der Waals surface area contributed by atoms with E-state index in [9.17, 15) is 13.2 Å². The molecule has 9 heteroatoms. The van der Waals surface area contributed by atoms with Crippen molar-refractivity contribution in [1.29, 1.82) is 5.26 Å². The van der Waals surface area contributed by atoms with Crippen molar-refractivity contribution >= 4 is 27.5 Å². The van der Waals surface area contributed by atoms with Crippen molar-refractivity contribution in [2.24, 2.45) is 0 Å². The van der Waals surface area contributed by atoms with E-state index in [1.54, 1.807) is 0 Å². The fourth-order valence-corrected chi connectivity index (χ4v) is 2.65. The van der Waals surface area contributed by atoms with Crippen LogP contribution in [0, 0.1) is 11.3 Å². The zero-order valence-electron chi connectivity index (χ0n) is 11.2. The minimum absolute atomic E-state index is 0.0323. The molecule has 1 aromatic rings. The van der Waals surface area contributed by atoms with Crippen molar-refractivity contribution < 1.29 is 17.9 Å². The Labute approximate surface area is 127 Å². The first-order chi connectivity index (χ1) is 9.90. The number of halogens is 1. The highest BCUT2D eigenvalue weighted by Crippen LogP contribution is 2.19. The number of carbonyl (C=O) groups excluding carboxylic acids is 1. The minimum atomic E-state index is -3.87. The Morgan fingerprint density at radius 3 is 2.76 bits per heavy atom. The van der Waals surface area contributed by atoms with Crippen molar-refractivity contribution in [2.45, 2.75) is 4.90 Å². The van der Waals surface area contributed by atoms with Gasteiger partial charge in [0.1, 0.15) is 6.07 Å². The molecular formula is C12H14ClN3O4S. The number of benzene rings is 1. The highest BCUT2D eigenvalue weighted by atomic mass is 35.5. The third-order valence-corrected chi connectivity index (χ3v) is 4.13. The van der Waals surface area contributed by atoms with Crippen LogP contribution in [0.15, 0.2) is 23.1 Å². The Balaban J connectivity index is 2.68. The highest BCUT2D eigenvalue weighted by Gasteiger charge is 2.16. The van der Waals surface area contributed by atoms with Gasteiger partial charge in [-0.05, 0) is 18.2 Å². The number of nitrogens with one attached hydrogen (secondary N) is 2. The lowest BCUT2D eigenvalue weighted by molar-refractivity contribution is -0.120. The molecule has 0 bridgehead atoms. The maximum absolute atomic E-state index is 12.0. The highest BCUT2D eigenvalue weighted by molar-refractivity contribution is 7.89. The van der Waals surface area contributed by atoms with Crippen LogP contribution in [0.3, 0.4) is 0 Å². The molecule has 0 fully saturated rings. The topological polar surface area (TPSA) is 108 Å². The Morgan fingerprint density at radius 1 is 1.48 bits per heavy atom. The molecular weight excluding hydrogens is 318 g/mol. The van der Waals surface area contributed by atoms with Gasteiger partial charge in [0.15, 0.2) is 0 Å². The van der Waals surface area contributed by atoms with E-state index in [1.165, 1.54) is 19.2 Å². The van der Waals surface area contributed by atoms with Crippen LogP contribution >= 0.6 is 11.6 Å². The monoisotopic (exact) mass is 331 g/mol. The summed E-state index contributed by atoms with van der Waals surface area (Å²) in [5.74, 6) is -0.477. The van der Waals surface area contributed by atoms with Crippen LogP contribution in [0.1, 0.15) is 5.56 Å². The van der Waals surface area contributed by atoms with Gasteiger partial charge in [-0.15, -0.1) is 0 Å². The van der Waals surface area contributed by atoms with E-state index in [4.69, 9.17) is 21.6 Å². The van der Waals surface area contributed by atoms with E-state index in [2.05, 4.69) is 10.0 Å². The summed E-state index contributed by atoms with van der Waals surface area (Å²) >= 11 is 5.77. The normalized spacial score (nSPS) is 10.9. The first-order valence-electron chi connectivity index (χ1n) is 5.85. The predicted molar refractivity (Wildman–Crippen MR) is 76.2 cm³/mol. The van der Waals surface area contributed by atoms with Gasteiger partial charge in [0.25, 0.3) is 0 Å². The number of methoxy groups -OCH3 is 1. The molecule has 1 amide bonds. The summed E-state index contributed by atoms with van der Waals surface area (Å²) in [6.45, 7) is 0.229. The average Bonchev–Trinajstić information content (AvgIpc) is 2.45. The van der Waals surface area contributed by atoms with Crippen LogP contribution in [-0.2, 0) is 19.6 Å². The summed E-state index contributed by atoms with van der Waals surface area (Å²) in [6, 6.07) is 5.53. The molecule has 0 unspecified atom stereocenters. The van der Waals surface area contributed by atoms with Crippen molar-refractivity contribution in [3.05, 3.63) is 28.8 Å². The van der Waals surface area contributed by atoms with E-state index in [1.807, 2.05) is 6.07 Å². The van der Waals surface area contributed by atoms with Gasteiger partial charge in [0, 0.05) is 13.7 Å². The maximum Gasteiger partial charge on any atom is 0.241 e. The summed E-state index contributed by atoms with van der Waals surface area (Å²) in [6.07, 6.45) is 0. The molecule has 0 aliphatic heterocycles. The summed E-state index contributed by atoms with van der Waals surface area (Å²) in [7, 11) is -2.38. The summed E-state index contributed by atoms with van der Waals surface area (Å²) in [4.78, 5) is 11.3. The molecule has 7 nitrogen and oxygen atoms in total. The standard InChI is InChI=1S/C12H14ClN3O4S/c1-20-5-4-15-12(17)8-16-21(18,19)10-3-2-9(7-14)11(13)6-10/h2-3,6,16H,4-5,8H2,1H3,(H,15,17). The number of amides is 1. The maximum atomic E-state index is 12.0. The van der Waals surface area contributed by atoms with E-state index < -0.39 is 22.5 Å². The van der Waals surface area contributed by atoms with Gasteiger partial charge >= 0.3 is 0 Å². The number of sulfonamides is 1. The van der Waals surface area contributed by atoms with Crippen LogP contribution in [0.5, 0.6) is 0 Å². The van der Waals surface area contributed by atoms with Gasteiger partial charge in [-0.3, -0.25) is 4.79 Å². The van der Waals surface area contributed by atoms with Crippen molar-refractivity contribution in [3.63, 3.8) is 0 Å². The number of nitriles is 1. The third-order valence-electron chi connectivity index (χ3n) is 2.42. The summed E-state index contributed by atoms with van der Waals surface area (Å²) < 4.78 is 30.8. The average molecular weight is 332 g/mol. The summed E-state index contributed by atoms with van der Waals surface area (Å²) in [5, 5.41) is 11.2. The molecule has 0 aromatic heterocycles. The van der Waals surface area contributed by atoms with E-state index in [0.29, 0.717) is 13.2 Å². The second kappa shape index (κ2) is 7.95. The smallest absolute Gasteiger partial charge is 0.241 e. The summed E-state index contributed by atoms with van der Waals surface area (Å²) in [5.41, 5.74) is 0.174. The Bertz CT molecular complexity index is 655. The van der Waals surface area contributed by atoms with Crippen molar-refractivity contribution in [2.75, 3.05) is 26.8 Å². The lowest BCUT2D eigenvalue weighted by atomic mass is 10.2. The first kappa shape index (κ1) is 17.4. The van der Waals surface area contributed by atoms with Crippen molar-refractivity contribution in [3.8, 4) is 6.07 Å². The Morgan fingerprint density at radius 2 is 2.19 bits per heavy atom. The molecule has 0 spiro atoms. The van der Waals surface area contributed by atoms with Gasteiger partial charge in [0.05, 0.1) is 28.6 Å². The molecule has 1 aromatic carbocycles. The van der Waals surface area contributed by atoms with Gasteiger partial charge < -0.3 is 10.1 Å². The number of carbonyl (C=O) groups is 1. The lowest BCUT2D eigenvalue weighted by Crippen LogP contribution is -2.38. The van der Waals surface area contributed by atoms with Gasteiger partial charge in [-0.25, -0.2) is 13.1 Å².